The molecule has 1 saturated heterocycles. The number of ether oxygens (including phenoxy) is 1. The number of amides is 1. The van der Waals surface area contributed by atoms with Crippen molar-refractivity contribution >= 4 is 27.6 Å². The van der Waals surface area contributed by atoms with Gasteiger partial charge in [-0.15, -0.1) is 0 Å². The third-order valence-electron chi connectivity index (χ3n) is 3.87. The standard InChI is InChI=1S/C16H22N2O5S/c1-3-23-16(20)12-6-4-8-14(10-12)17-15(19)13-7-5-9-18(11-13)24(2,21)22/h4,6,8,10,13H,3,5,7,9,11H2,1-2H3,(H,17,19)/t13-/m1/s1. The minimum atomic E-state index is -3.30. The highest BCUT2D eigenvalue weighted by atomic mass is 32.2. The Labute approximate surface area is 142 Å². The minimum absolute atomic E-state index is 0.183. The van der Waals surface area contributed by atoms with Crippen LogP contribution in [0.3, 0.4) is 0 Å². The van der Waals surface area contributed by atoms with E-state index in [0.29, 0.717) is 30.6 Å². The lowest BCUT2D eigenvalue weighted by Gasteiger charge is -2.30. The summed E-state index contributed by atoms with van der Waals surface area (Å²) in [5.74, 6) is -1.10. The molecule has 1 heterocycles. The van der Waals surface area contributed by atoms with Crippen molar-refractivity contribution in [3.05, 3.63) is 29.8 Å². The molecule has 1 fully saturated rings. The van der Waals surface area contributed by atoms with Crippen molar-refractivity contribution in [1.82, 2.24) is 4.31 Å². The molecule has 0 unspecified atom stereocenters. The van der Waals surface area contributed by atoms with E-state index < -0.39 is 21.9 Å². The van der Waals surface area contributed by atoms with Gasteiger partial charge in [0.05, 0.1) is 24.3 Å². The molecule has 0 aromatic heterocycles. The Bertz CT molecular complexity index is 717. The predicted molar refractivity (Wildman–Crippen MR) is 90.2 cm³/mol. The first-order valence-electron chi connectivity index (χ1n) is 7.84. The van der Waals surface area contributed by atoms with Gasteiger partial charge in [-0.25, -0.2) is 17.5 Å². The highest BCUT2D eigenvalue weighted by Crippen LogP contribution is 2.21. The first-order valence-corrected chi connectivity index (χ1v) is 9.69. The van der Waals surface area contributed by atoms with Gasteiger partial charge in [0.1, 0.15) is 0 Å². The van der Waals surface area contributed by atoms with Crippen LogP contribution in [-0.4, -0.2) is 50.6 Å². The van der Waals surface area contributed by atoms with E-state index in [2.05, 4.69) is 5.32 Å². The number of esters is 1. The summed E-state index contributed by atoms with van der Waals surface area (Å²) < 4.78 is 29.5. The van der Waals surface area contributed by atoms with E-state index in [4.69, 9.17) is 4.74 Å². The van der Waals surface area contributed by atoms with Crippen LogP contribution in [0.5, 0.6) is 0 Å². The second-order valence-electron chi connectivity index (χ2n) is 5.75. The van der Waals surface area contributed by atoms with Gasteiger partial charge in [0.2, 0.25) is 15.9 Å². The molecule has 1 aliphatic heterocycles. The molecular formula is C16H22N2O5S. The highest BCUT2D eigenvalue weighted by molar-refractivity contribution is 7.88. The molecule has 0 saturated carbocycles. The van der Waals surface area contributed by atoms with E-state index in [1.165, 1.54) is 4.31 Å². The maximum absolute atomic E-state index is 12.4. The molecule has 0 bridgehead atoms. The maximum Gasteiger partial charge on any atom is 0.338 e. The number of nitrogens with zero attached hydrogens (tertiary/aromatic N) is 1. The van der Waals surface area contributed by atoms with Gasteiger partial charge in [-0.2, -0.15) is 0 Å². The quantitative estimate of drug-likeness (QED) is 0.809. The SMILES string of the molecule is CCOC(=O)c1cccc(NC(=O)[C@@H]2CCCN(S(C)(=O)=O)C2)c1. The van der Waals surface area contributed by atoms with E-state index in [0.717, 1.165) is 6.26 Å². The van der Waals surface area contributed by atoms with Crippen molar-refractivity contribution in [2.75, 3.05) is 31.3 Å². The lowest BCUT2D eigenvalue weighted by molar-refractivity contribution is -0.120. The van der Waals surface area contributed by atoms with Gasteiger partial charge in [0, 0.05) is 18.8 Å². The summed E-state index contributed by atoms with van der Waals surface area (Å²) >= 11 is 0. The molecule has 0 spiro atoms. The van der Waals surface area contributed by atoms with Gasteiger partial charge in [-0.05, 0) is 38.0 Å². The van der Waals surface area contributed by atoms with Crippen LogP contribution in [0, 0.1) is 5.92 Å². The summed E-state index contributed by atoms with van der Waals surface area (Å²) in [6, 6.07) is 6.50. The van der Waals surface area contributed by atoms with E-state index >= 15 is 0 Å². The average Bonchev–Trinajstić information content (AvgIpc) is 2.54. The van der Waals surface area contributed by atoms with Crippen LogP contribution in [0.15, 0.2) is 24.3 Å². The number of rotatable bonds is 5. The molecule has 7 nitrogen and oxygen atoms in total. The summed E-state index contributed by atoms with van der Waals surface area (Å²) in [6.07, 6.45) is 2.43. The molecule has 0 aliphatic carbocycles. The van der Waals surface area contributed by atoms with E-state index in [-0.39, 0.29) is 19.1 Å². The Morgan fingerprint density at radius 1 is 1.38 bits per heavy atom. The molecule has 1 aromatic carbocycles. The van der Waals surface area contributed by atoms with Gasteiger partial charge < -0.3 is 10.1 Å². The maximum atomic E-state index is 12.4. The Balaban J connectivity index is 2.04. The van der Waals surface area contributed by atoms with Gasteiger partial charge in [0.15, 0.2) is 0 Å². The van der Waals surface area contributed by atoms with Crippen LogP contribution in [0.4, 0.5) is 5.69 Å². The zero-order valence-electron chi connectivity index (χ0n) is 13.8. The third kappa shape index (κ3) is 4.78. The van der Waals surface area contributed by atoms with Crippen molar-refractivity contribution < 1.29 is 22.7 Å². The summed E-state index contributed by atoms with van der Waals surface area (Å²) in [6.45, 7) is 2.63. The number of hydrogen-bond donors (Lipinski definition) is 1. The first-order chi connectivity index (χ1) is 11.3. The molecule has 8 heteroatoms. The summed E-state index contributed by atoms with van der Waals surface area (Å²) in [5, 5.41) is 2.75. The van der Waals surface area contributed by atoms with Crippen molar-refractivity contribution in [2.45, 2.75) is 19.8 Å². The Morgan fingerprint density at radius 3 is 2.79 bits per heavy atom. The Kier molecular flexibility index (Phi) is 5.95. The number of nitrogens with one attached hydrogen (secondary N) is 1. The van der Waals surface area contributed by atoms with Crippen molar-refractivity contribution in [3.63, 3.8) is 0 Å². The molecule has 2 rings (SSSR count). The summed E-state index contributed by atoms with van der Waals surface area (Å²) in [5.41, 5.74) is 0.845. The summed E-state index contributed by atoms with van der Waals surface area (Å²) in [7, 11) is -3.30. The molecule has 0 radical (unpaired) electrons. The Hall–Kier alpha value is -1.93. The lowest BCUT2D eigenvalue weighted by atomic mass is 9.98. The van der Waals surface area contributed by atoms with Crippen molar-refractivity contribution in [1.29, 1.82) is 0 Å². The van der Waals surface area contributed by atoms with E-state index in [9.17, 15) is 18.0 Å². The van der Waals surface area contributed by atoms with Crippen LogP contribution in [0.2, 0.25) is 0 Å². The van der Waals surface area contributed by atoms with Gasteiger partial charge in [0.25, 0.3) is 0 Å². The molecule has 1 atom stereocenters. The number of hydrogen-bond acceptors (Lipinski definition) is 5. The molecule has 1 aromatic rings. The second-order valence-corrected chi connectivity index (χ2v) is 7.73. The molecule has 1 aliphatic rings. The predicted octanol–water partition coefficient (Wildman–Crippen LogP) is 1.47. The van der Waals surface area contributed by atoms with Gasteiger partial charge >= 0.3 is 5.97 Å². The molecule has 1 amide bonds. The fourth-order valence-electron chi connectivity index (χ4n) is 2.64. The van der Waals surface area contributed by atoms with Crippen molar-refractivity contribution in [3.8, 4) is 0 Å². The highest BCUT2D eigenvalue weighted by Gasteiger charge is 2.30. The van der Waals surface area contributed by atoms with Gasteiger partial charge in [-0.1, -0.05) is 6.07 Å². The van der Waals surface area contributed by atoms with Crippen LogP contribution in [0.25, 0.3) is 0 Å². The third-order valence-corrected chi connectivity index (χ3v) is 5.13. The number of anilines is 1. The number of sulfonamides is 1. The topological polar surface area (TPSA) is 92.8 Å². The van der Waals surface area contributed by atoms with Gasteiger partial charge in [-0.3, -0.25) is 4.79 Å². The van der Waals surface area contributed by atoms with Crippen LogP contribution in [0.1, 0.15) is 30.1 Å². The molecular weight excluding hydrogens is 332 g/mol. The number of carbonyl (C=O) groups excluding carboxylic acids is 2. The zero-order chi connectivity index (χ0) is 17.7. The summed E-state index contributed by atoms with van der Waals surface area (Å²) in [4.78, 5) is 24.1. The van der Waals surface area contributed by atoms with Crippen LogP contribution < -0.4 is 5.32 Å². The molecule has 1 N–H and O–H groups in total. The smallest absolute Gasteiger partial charge is 0.338 e. The second kappa shape index (κ2) is 7.76. The first kappa shape index (κ1) is 18.4. The molecule has 24 heavy (non-hydrogen) atoms. The number of benzene rings is 1. The average molecular weight is 354 g/mol. The van der Waals surface area contributed by atoms with Crippen LogP contribution >= 0.6 is 0 Å². The monoisotopic (exact) mass is 354 g/mol. The zero-order valence-corrected chi connectivity index (χ0v) is 14.6. The Morgan fingerprint density at radius 2 is 2.12 bits per heavy atom. The lowest BCUT2D eigenvalue weighted by Crippen LogP contribution is -2.43. The molecule has 132 valence electrons. The largest absolute Gasteiger partial charge is 0.462 e. The van der Waals surface area contributed by atoms with E-state index in [1.807, 2.05) is 0 Å². The minimum Gasteiger partial charge on any atom is -0.462 e. The fourth-order valence-corrected chi connectivity index (χ4v) is 3.55. The number of carbonyl (C=O) groups is 2. The van der Waals surface area contributed by atoms with E-state index in [1.54, 1.807) is 31.2 Å². The van der Waals surface area contributed by atoms with Crippen molar-refractivity contribution in [2.24, 2.45) is 5.92 Å². The normalized spacial score (nSPS) is 18.8. The number of piperidine rings is 1. The fraction of sp³-hybridized carbons (Fsp3) is 0.500. The van der Waals surface area contributed by atoms with Crippen LogP contribution in [-0.2, 0) is 19.6 Å².